The highest BCUT2D eigenvalue weighted by Gasteiger charge is 2.06. The predicted molar refractivity (Wildman–Crippen MR) is 117 cm³/mol. The molecule has 0 aliphatic rings. The van der Waals surface area contributed by atoms with E-state index >= 15 is 0 Å². The predicted octanol–water partition coefficient (Wildman–Crippen LogP) is 4.36. The minimum absolute atomic E-state index is 0.274. The van der Waals surface area contributed by atoms with E-state index in [-0.39, 0.29) is 12.6 Å². The Kier molecular flexibility index (Phi) is 7.21. The van der Waals surface area contributed by atoms with Crippen molar-refractivity contribution in [3.63, 3.8) is 0 Å². The summed E-state index contributed by atoms with van der Waals surface area (Å²) >= 11 is 0. The number of urea groups is 1. The van der Waals surface area contributed by atoms with Crippen molar-refractivity contribution in [2.24, 2.45) is 0 Å². The minimum atomic E-state index is -0.274. The van der Waals surface area contributed by atoms with E-state index in [1.165, 1.54) is 0 Å². The SMILES string of the molecule is CCOc1ccc(-c2ccc(OCCNC(=O)Nc3cc(C)ccc3C)nn2)cc1. The molecule has 30 heavy (non-hydrogen) atoms. The summed E-state index contributed by atoms with van der Waals surface area (Å²) < 4.78 is 11.0. The Bertz CT molecular complexity index is 973. The number of nitrogens with one attached hydrogen (secondary N) is 2. The molecule has 2 aromatic carbocycles. The number of hydrogen-bond donors (Lipinski definition) is 2. The van der Waals surface area contributed by atoms with Crippen LogP contribution in [0.4, 0.5) is 10.5 Å². The fourth-order valence-corrected chi connectivity index (χ4v) is 2.80. The number of anilines is 1. The molecule has 0 spiro atoms. The van der Waals surface area contributed by atoms with Gasteiger partial charge in [-0.25, -0.2) is 4.79 Å². The zero-order valence-corrected chi connectivity index (χ0v) is 17.4. The first kappa shape index (κ1) is 21.1. The third-order valence-corrected chi connectivity index (χ3v) is 4.38. The number of hydrogen-bond acceptors (Lipinski definition) is 5. The molecule has 0 radical (unpaired) electrons. The maximum atomic E-state index is 12.0. The standard InChI is InChI=1S/C23H26N4O3/c1-4-29-19-9-7-18(8-10-19)20-11-12-22(27-26-20)30-14-13-24-23(28)25-21-15-16(2)5-6-17(21)3/h5-12,15H,4,13-14H2,1-3H3,(H2,24,25,28). The molecule has 0 atom stereocenters. The number of aryl methyl sites for hydroxylation is 2. The van der Waals surface area contributed by atoms with Crippen LogP contribution in [0.15, 0.2) is 54.6 Å². The molecule has 156 valence electrons. The average Bonchev–Trinajstić information content (AvgIpc) is 2.75. The largest absolute Gasteiger partial charge is 0.494 e. The van der Waals surface area contributed by atoms with Gasteiger partial charge in [0, 0.05) is 17.3 Å². The molecular formula is C23H26N4O3. The maximum absolute atomic E-state index is 12.0. The second-order valence-electron chi connectivity index (χ2n) is 6.76. The first-order valence-corrected chi connectivity index (χ1v) is 9.87. The summed E-state index contributed by atoms with van der Waals surface area (Å²) in [6.45, 7) is 7.15. The van der Waals surface area contributed by atoms with Gasteiger partial charge in [0.2, 0.25) is 5.88 Å². The van der Waals surface area contributed by atoms with Gasteiger partial charge >= 0.3 is 6.03 Å². The van der Waals surface area contributed by atoms with E-state index in [9.17, 15) is 4.79 Å². The quantitative estimate of drug-likeness (QED) is 0.543. The van der Waals surface area contributed by atoms with Crippen molar-refractivity contribution in [1.29, 1.82) is 0 Å². The van der Waals surface area contributed by atoms with Crippen molar-refractivity contribution in [2.75, 3.05) is 25.1 Å². The normalized spacial score (nSPS) is 10.4. The molecule has 0 aliphatic carbocycles. The molecular weight excluding hydrogens is 380 g/mol. The number of benzene rings is 2. The summed E-state index contributed by atoms with van der Waals surface area (Å²) in [6.07, 6.45) is 0. The summed E-state index contributed by atoms with van der Waals surface area (Å²) in [5, 5.41) is 13.9. The van der Waals surface area contributed by atoms with Gasteiger partial charge in [-0.15, -0.1) is 10.2 Å². The Morgan fingerprint density at radius 2 is 1.77 bits per heavy atom. The van der Waals surface area contributed by atoms with E-state index in [4.69, 9.17) is 9.47 Å². The monoisotopic (exact) mass is 406 g/mol. The van der Waals surface area contributed by atoms with Crippen molar-refractivity contribution in [3.05, 3.63) is 65.7 Å². The third-order valence-electron chi connectivity index (χ3n) is 4.38. The van der Waals surface area contributed by atoms with Gasteiger partial charge in [-0.2, -0.15) is 0 Å². The molecule has 3 aromatic rings. The average molecular weight is 406 g/mol. The van der Waals surface area contributed by atoms with Crippen molar-refractivity contribution < 1.29 is 14.3 Å². The van der Waals surface area contributed by atoms with Gasteiger partial charge in [-0.05, 0) is 68.3 Å². The third kappa shape index (κ3) is 5.94. The van der Waals surface area contributed by atoms with E-state index in [1.54, 1.807) is 6.07 Å². The van der Waals surface area contributed by atoms with Crippen LogP contribution in [0.3, 0.4) is 0 Å². The zero-order valence-electron chi connectivity index (χ0n) is 17.4. The van der Waals surface area contributed by atoms with E-state index < -0.39 is 0 Å². The number of aromatic nitrogens is 2. The zero-order chi connectivity index (χ0) is 21.3. The fourth-order valence-electron chi connectivity index (χ4n) is 2.80. The van der Waals surface area contributed by atoms with Crippen molar-refractivity contribution in [2.45, 2.75) is 20.8 Å². The first-order valence-electron chi connectivity index (χ1n) is 9.87. The smallest absolute Gasteiger partial charge is 0.319 e. The summed E-state index contributed by atoms with van der Waals surface area (Å²) in [5.41, 5.74) is 4.59. The van der Waals surface area contributed by atoms with Crippen LogP contribution in [0.2, 0.25) is 0 Å². The van der Waals surface area contributed by atoms with Gasteiger partial charge in [-0.1, -0.05) is 12.1 Å². The highest BCUT2D eigenvalue weighted by Crippen LogP contribution is 2.21. The lowest BCUT2D eigenvalue weighted by molar-refractivity contribution is 0.246. The number of carbonyl (C=O) groups excluding carboxylic acids is 1. The number of amides is 2. The molecule has 2 N–H and O–H groups in total. The lowest BCUT2D eigenvalue weighted by atomic mass is 10.1. The topological polar surface area (TPSA) is 85.4 Å². The van der Waals surface area contributed by atoms with Gasteiger partial charge in [0.25, 0.3) is 0 Å². The van der Waals surface area contributed by atoms with Gasteiger partial charge < -0.3 is 20.1 Å². The molecule has 0 unspecified atom stereocenters. The van der Waals surface area contributed by atoms with Gasteiger partial charge in [-0.3, -0.25) is 0 Å². The molecule has 0 saturated carbocycles. The number of carbonyl (C=O) groups is 1. The summed E-state index contributed by atoms with van der Waals surface area (Å²) in [6, 6.07) is 16.9. The van der Waals surface area contributed by atoms with Gasteiger partial charge in [0.1, 0.15) is 12.4 Å². The fraction of sp³-hybridized carbons (Fsp3) is 0.261. The Hall–Kier alpha value is -3.61. The summed E-state index contributed by atoms with van der Waals surface area (Å²) in [4.78, 5) is 12.0. The maximum Gasteiger partial charge on any atom is 0.319 e. The first-order chi connectivity index (χ1) is 14.5. The van der Waals surface area contributed by atoms with Crippen LogP contribution in [0.1, 0.15) is 18.1 Å². The van der Waals surface area contributed by atoms with Crippen LogP contribution >= 0.6 is 0 Å². The van der Waals surface area contributed by atoms with Crippen LogP contribution in [-0.2, 0) is 0 Å². The number of ether oxygens (including phenoxy) is 2. The highest BCUT2D eigenvalue weighted by molar-refractivity contribution is 5.90. The molecule has 0 saturated heterocycles. The van der Waals surface area contributed by atoms with E-state index in [2.05, 4.69) is 20.8 Å². The van der Waals surface area contributed by atoms with Crippen LogP contribution in [-0.4, -0.2) is 36.0 Å². The molecule has 7 heteroatoms. The van der Waals surface area contributed by atoms with Crippen molar-refractivity contribution >= 4 is 11.7 Å². The van der Waals surface area contributed by atoms with Gasteiger partial charge in [0.15, 0.2) is 0 Å². The molecule has 2 amide bonds. The minimum Gasteiger partial charge on any atom is -0.494 e. The number of rotatable bonds is 8. The Labute approximate surface area is 176 Å². The Morgan fingerprint density at radius 1 is 0.967 bits per heavy atom. The molecule has 1 heterocycles. The van der Waals surface area contributed by atoms with Crippen LogP contribution in [0, 0.1) is 13.8 Å². The lowest BCUT2D eigenvalue weighted by Gasteiger charge is -2.11. The van der Waals surface area contributed by atoms with E-state index in [1.807, 2.05) is 69.3 Å². The molecule has 0 fully saturated rings. The van der Waals surface area contributed by atoms with Crippen LogP contribution in [0.25, 0.3) is 11.3 Å². The molecule has 0 bridgehead atoms. The summed E-state index contributed by atoms with van der Waals surface area (Å²) in [5.74, 6) is 1.23. The van der Waals surface area contributed by atoms with Crippen molar-refractivity contribution in [3.8, 4) is 22.9 Å². The van der Waals surface area contributed by atoms with Crippen LogP contribution in [0.5, 0.6) is 11.6 Å². The molecule has 1 aromatic heterocycles. The Morgan fingerprint density at radius 3 is 2.47 bits per heavy atom. The lowest BCUT2D eigenvalue weighted by Crippen LogP contribution is -2.32. The second-order valence-corrected chi connectivity index (χ2v) is 6.76. The Balaban J connectivity index is 1.44. The second kappa shape index (κ2) is 10.2. The molecule has 0 aliphatic heterocycles. The van der Waals surface area contributed by atoms with E-state index in [0.717, 1.165) is 33.8 Å². The van der Waals surface area contributed by atoms with Gasteiger partial charge in [0.05, 0.1) is 18.8 Å². The number of nitrogens with zero attached hydrogens (tertiary/aromatic N) is 2. The highest BCUT2D eigenvalue weighted by atomic mass is 16.5. The van der Waals surface area contributed by atoms with Crippen molar-refractivity contribution in [1.82, 2.24) is 15.5 Å². The van der Waals surface area contributed by atoms with E-state index in [0.29, 0.717) is 19.0 Å². The molecule has 7 nitrogen and oxygen atoms in total. The molecule has 3 rings (SSSR count). The van der Waals surface area contributed by atoms with Crippen LogP contribution < -0.4 is 20.1 Å². The summed E-state index contributed by atoms with van der Waals surface area (Å²) in [7, 11) is 0.